The number of allylic oxidation sites excluding steroid dienone is 1. The van der Waals surface area contributed by atoms with Gasteiger partial charge in [-0.05, 0) is 43.0 Å². The molecule has 1 aliphatic heterocycles. The van der Waals surface area contributed by atoms with Gasteiger partial charge >= 0.3 is 13.2 Å². The predicted molar refractivity (Wildman–Crippen MR) is 82.0 cm³/mol. The fourth-order valence-electron chi connectivity index (χ4n) is 3.80. The van der Waals surface area contributed by atoms with Gasteiger partial charge in [-0.25, -0.2) is 0 Å². The highest BCUT2D eigenvalue weighted by atomic mass is 19.3. The van der Waals surface area contributed by atoms with Crippen molar-refractivity contribution in [2.24, 2.45) is 0 Å². The minimum Gasteiger partial charge on any atom is -0.431 e. The molecule has 1 aromatic rings. The predicted octanol–water partition coefficient (Wildman–Crippen LogP) is 3.50. The summed E-state index contributed by atoms with van der Waals surface area (Å²) in [5.74, 6) is -0.842. The Hall–Kier alpha value is -1.96. The van der Waals surface area contributed by atoms with Crippen molar-refractivity contribution in [1.82, 2.24) is 4.90 Å². The van der Waals surface area contributed by atoms with Crippen LogP contribution >= 0.6 is 0 Å². The molecule has 0 radical (unpaired) electrons. The summed E-state index contributed by atoms with van der Waals surface area (Å²) in [6, 6.07) is 4.17. The van der Waals surface area contributed by atoms with Gasteiger partial charge in [0.05, 0.1) is 6.10 Å². The van der Waals surface area contributed by atoms with Crippen LogP contribution in [-0.2, 0) is 5.41 Å². The number of likely N-dealkylation sites (tertiary alicyclic amines) is 1. The Morgan fingerprint density at radius 3 is 2.48 bits per heavy atom. The van der Waals surface area contributed by atoms with E-state index >= 15 is 0 Å². The molecule has 25 heavy (non-hydrogen) atoms. The van der Waals surface area contributed by atoms with Crippen LogP contribution in [0.3, 0.4) is 0 Å². The van der Waals surface area contributed by atoms with Crippen LogP contribution in [-0.4, -0.2) is 42.9 Å². The number of nitrogens with zero attached hydrogens (tertiary/aromatic N) is 1. The highest BCUT2D eigenvalue weighted by molar-refractivity contribution is 5.49. The van der Waals surface area contributed by atoms with Gasteiger partial charge in [0.15, 0.2) is 11.5 Å². The summed E-state index contributed by atoms with van der Waals surface area (Å²) in [5.41, 5.74) is 1.15. The van der Waals surface area contributed by atoms with E-state index in [9.17, 15) is 22.7 Å². The molecule has 1 N–H and O–H groups in total. The standard InChI is InChI=1S/C17H19F4NO3/c1-22-7-6-17(5-4-11(23)9-14(17)22)10-2-3-12(24-15(18)19)13(8-10)25-16(20)21/h2-3,8-9,11,15-16,23H,4-7H2,1H3/t11-,17-/m0/s1. The fourth-order valence-corrected chi connectivity index (χ4v) is 3.80. The molecule has 0 amide bonds. The zero-order valence-corrected chi connectivity index (χ0v) is 13.6. The van der Waals surface area contributed by atoms with E-state index in [2.05, 4.69) is 9.47 Å². The van der Waals surface area contributed by atoms with E-state index in [4.69, 9.17) is 0 Å². The van der Waals surface area contributed by atoms with Gasteiger partial charge in [-0.1, -0.05) is 6.07 Å². The zero-order chi connectivity index (χ0) is 18.2. The Kier molecular flexibility index (Phi) is 4.81. The number of halogens is 4. The molecule has 1 saturated heterocycles. The monoisotopic (exact) mass is 361 g/mol. The van der Waals surface area contributed by atoms with Crippen molar-refractivity contribution in [3.05, 3.63) is 35.5 Å². The first-order valence-electron chi connectivity index (χ1n) is 7.97. The summed E-state index contributed by atoms with van der Waals surface area (Å²) in [6.07, 6.45) is 3.13. The van der Waals surface area contributed by atoms with Crippen LogP contribution < -0.4 is 9.47 Å². The maximum absolute atomic E-state index is 12.7. The normalized spacial score (nSPS) is 26.0. The van der Waals surface area contributed by atoms with E-state index in [1.165, 1.54) is 12.1 Å². The van der Waals surface area contributed by atoms with Gasteiger partial charge in [0.1, 0.15) is 0 Å². The lowest BCUT2D eigenvalue weighted by molar-refractivity contribution is -0.0693. The van der Waals surface area contributed by atoms with E-state index in [-0.39, 0.29) is 0 Å². The van der Waals surface area contributed by atoms with Crippen LogP contribution in [0.5, 0.6) is 11.5 Å². The summed E-state index contributed by atoms with van der Waals surface area (Å²) < 4.78 is 59.0. The van der Waals surface area contributed by atoms with Crippen molar-refractivity contribution in [1.29, 1.82) is 0 Å². The first kappa shape index (κ1) is 17.8. The lowest BCUT2D eigenvalue weighted by atomic mass is 9.70. The Labute approximate surface area is 142 Å². The molecule has 0 bridgehead atoms. The molecule has 2 aliphatic rings. The smallest absolute Gasteiger partial charge is 0.387 e. The quantitative estimate of drug-likeness (QED) is 0.815. The van der Waals surface area contributed by atoms with E-state index in [0.29, 0.717) is 18.4 Å². The number of alkyl halides is 4. The Bertz CT molecular complexity index is 667. The average molecular weight is 361 g/mol. The molecule has 0 aromatic heterocycles. The van der Waals surface area contributed by atoms with Crippen molar-refractivity contribution < 1.29 is 32.1 Å². The van der Waals surface area contributed by atoms with Crippen LogP contribution in [0.4, 0.5) is 17.6 Å². The minimum absolute atomic E-state index is 0.415. The molecule has 138 valence electrons. The third-order valence-electron chi connectivity index (χ3n) is 4.92. The fraction of sp³-hybridized carbons (Fsp3) is 0.529. The number of fused-ring (bicyclic) bond motifs is 1. The molecule has 1 aromatic carbocycles. The molecule has 1 aliphatic carbocycles. The van der Waals surface area contributed by atoms with Gasteiger partial charge in [-0.3, -0.25) is 0 Å². The molecule has 8 heteroatoms. The number of hydrogen-bond acceptors (Lipinski definition) is 4. The Morgan fingerprint density at radius 1 is 1.12 bits per heavy atom. The highest BCUT2D eigenvalue weighted by Gasteiger charge is 2.45. The molecular weight excluding hydrogens is 342 g/mol. The molecule has 0 saturated carbocycles. The lowest BCUT2D eigenvalue weighted by Crippen LogP contribution is -2.33. The average Bonchev–Trinajstić information content (AvgIpc) is 2.86. The van der Waals surface area contributed by atoms with Crippen molar-refractivity contribution in [2.75, 3.05) is 13.6 Å². The Morgan fingerprint density at radius 2 is 1.80 bits per heavy atom. The van der Waals surface area contributed by atoms with Gasteiger partial charge in [-0.2, -0.15) is 17.6 Å². The summed E-state index contributed by atoms with van der Waals surface area (Å²) in [6.45, 7) is -5.54. The van der Waals surface area contributed by atoms with E-state index < -0.39 is 36.2 Å². The lowest BCUT2D eigenvalue weighted by Gasteiger charge is -2.37. The van der Waals surface area contributed by atoms with E-state index in [0.717, 1.165) is 18.7 Å². The Balaban J connectivity index is 2.03. The molecule has 0 spiro atoms. The molecule has 2 atom stereocenters. The minimum atomic E-state index is -3.15. The molecule has 1 heterocycles. The highest BCUT2D eigenvalue weighted by Crippen LogP contribution is 2.50. The van der Waals surface area contributed by atoms with Crippen LogP contribution in [0.1, 0.15) is 24.8 Å². The summed E-state index contributed by atoms with van der Waals surface area (Å²) in [7, 11) is 1.90. The van der Waals surface area contributed by atoms with Crippen LogP contribution in [0, 0.1) is 0 Å². The third kappa shape index (κ3) is 3.40. The number of hydrogen-bond donors (Lipinski definition) is 1. The zero-order valence-electron chi connectivity index (χ0n) is 13.6. The molecule has 1 fully saturated rings. The first-order valence-corrected chi connectivity index (χ1v) is 7.97. The van der Waals surface area contributed by atoms with Crippen molar-refractivity contribution in [3.8, 4) is 11.5 Å². The van der Waals surface area contributed by atoms with E-state index in [1.807, 2.05) is 11.9 Å². The maximum atomic E-state index is 12.7. The van der Waals surface area contributed by atoms with Gasteiger partial charge in [0.25, 0.3) is 0 Å². The SMILES string of the molecule is CN1CC[C@]2(c3ccc(OC(F)F)c(OC(F)F)c3)CC[C@H](O)C=C12. The number of rotatable bonds is 5. The van der Waals surface area contributed by atoms with Crippen molar-refractivity contribution >= 4 is 0 Å². The molecule has 4 nitrogen and oxygen atoms in total. The second kappa shape index (κ2) is 6.74. The maximum Gasteiger partial charge on any atom is 0.387 e. The van der Waals surface area contributed by atoms with E-state index in [1.54, 1.807) is 12.1 Å². The number of aliphatic hydroxyl groups excluding tert-OH is 1. The summed E-state index contributed by atoms with van der Waals surface area (Å²) >= 11 is 0. The van der Waals surface area contributed by atoms with Crippen LogP contribution in [0.25, 0.3) is 0 Å². The summed E-state index contributed by atoms with van der Waals surface area (Å²) in [5, 5.41) is 9.92. The van der Waals surface area contributed by atoms with Gasteiger partial charge in [0, 0.05) is 24.7 Å². The van der Waals surface area contributed by atoms with Gasteiger partial charge in [0.2, 0.25) is 0 Å². The second-order valence-corrected chi connectivity index (χ2v) is 6.33. The molecular formula is C17H19F4NO3. The van der Waals surface area contributed by atoms with Crippen LogP contribution in [0.2, 0.25) is 0 Å². The largest absolute Gasteiger partial charge is 0.431 e. The van der Waals surface area contributed by atoms with Gasteiger partial charge < -0.3 is 19.5 Å². The number of ether oxygens (including phenoxy) is 2. The topological polar surface area (TPSA) is 41.9 Å². The summed E-state index contributed by atoms with van der Waals surface area (Å²) in [4.78, 5) is 2.01. The number of likely N-dealkylation sites (N-methyl/N-ethyl adjacent to an activating group) is 1. The van der Waals surface area contributed by atoms with Crippen LogP contribution in [0.15, 0.2) is 30.0 Å². The first-order chi connectivity index (χ1) is 11.8. The van der Waals surface area contributed by atoms with Crippen molar-refractivity contribution in [3.63, 3.8) is 0 Å². The number of aliphatic hydroxyl groups is 1. The van der Waals surface area contributed by atoms with Crippen molar-refractivity contribution in [2.45, 2.75) is 44.0 Å². The number of benzene rings is 1. The molecule has 0 unspecified atom stereocenters. The molecule has 3 rings (SSSR count). The third-order valence-corrected chi connectivity index (χ3v) is 4.92. The second-order valence-electron chi connectivity index (χ2n) is 6.33. The van der Waals surface area contributed by atoms with Gasteiger partial charge in [-0.15, -0.1) is 0 Å².